The van der Waals surface area contributed by atoms with Gasteiger partial charge in [0.15, 0.2) is 5.69 Å². The second-order valence-corrected chi connectivity index (χ2v) is 6.15. The first-order valence-corrected chi connectivity index (χ1v) is 7.80. The van der Waals surface area contributed by atoms with Gasteiger partial charge in [0.1, 0.15) is 6.54 Å². The van der Waals surface area contributed by atoms with E-state index in [-0.39, 0.29) is 35.7 Å². The van der Waals surface area contributed by atoms with Crippen molar-refractivity contribution >= 4 is 5.78 Å². The van der Waals surface area contributed by atoms with Crippen LogP contribution < -0.4 is 40.7 Å². The predicted molar refractivity (Wildman–Crippen MR) is 85.0 cm³/mol. The van der Waals surface area contributed by atoms with Crippen LogP contribution in [0.2, 0.25) is 0 Å². The van der Waals surface area contributed by atoms with Gasteiger partial charge in [-0.3, -0.25) is 23.2 Å². The van der Waals surface area contributed by atoms with Crippen LogP contribution >= 0.6 is 0 Å². The third-order valence-corrected chi connectivity index (χ3v) is 4.06. The molecule has 0 fully saturated rings. The minimum atomic E-state index is -5.91. The number of rotatable bonds is 3. The third kappa shape index (κ3) is 4.52. The number of fused-ring (bicyclic) bond motifs is 1. The molecular formula is C15H10F8N5NaO2. The van der Waals surface area contributed by atoms with Crippen LogP contribution in [-0.4, -0.2) is 35.8 Å². The van der Waals surface area contributed by atoms with E-state index >= 15 is 0 Å². The maximum atomic E-state index is 13.5. The summed E-state index contributed by atoms with van der Waals surface area (Å²) in [6, 6.07) is 0.875. The minimum absolute atomic E-state index is 0. The Bertz CT molecular complexity index is 1250. The first kappa shape index (κ1) is 25.0. The summed E-state index contributed by atoms with van der Waals surface area (Å²) >= 11 is 0. The van der Waals surface area contributed by atoms with Crippen molar-refractivity contribution in [3.05, 3.63) is 51.1 Å². The van der Waals surface area contributed by atoms with E-state index in [0.29, 0.717) is 21.4 Å². The number of aryl methyl sites for hydroxylation is 1. The summed E-state index contributed by atoms with van der Waals surface area (Å²) < 4.78 is 105. The predicted octanol–water partition coefficient (Wildman–Crippen LogP) is -0.410. The van der Waals surface area contributed by atoms with Crippen molar-refractivity contribution < 1.29 is 66.1 Å². The van der Waals surface area contributed by atoms with Gasteiger partial charge in [-0.15, -0.1) is 0 Å². The summed E-state index contributed by atoms with van der Waals surface area (Å²) in [6.45, 7) is -2.01. The SMILES string of the molecule is Cn1c(=O)ccn2c(=O)c(-c3cnn(CC(F)(F)C(F)(F)F)c3)c(C(F)(F)F)nc12.[H-].[Na+]. The molecule has 3 aromatic heterocycles. The van der Waals surface area contributed by atoms with Gasteiger partial charge in [-0.1, -0.05) is 0 Å². The zero-order chi connectivity index (χ0) is 22.6. The van der Waals surface area contributed by atoms with E-state index in [2.05, 4.69) is 10.1 Å². The van der Waals surface area contributed by atoms with Gasteiger partial charge in [0, 0.05) is 31.1 Å². The Balaban J connectivity index is 0.00000256. The number of halogens is 8. The summed E-state index contributed by atoms with van der Waals surface area (Å²) in [4.78, 5) is 27.6. The standard InChI is InChI=1S/C15H9F8N5O2.Na.H/c1-26-8(29)2-3-28-11(30)9(10(14(18,19)20)25-12(26)28)7-4-24-27(5-7)6-13(16,17)15(21,22)23;;/h2-5H,6H2,1H3;;/q;+1;-1. The Kier molecular flexibility index (Phi) is 6.47. The molecule has 0 saturated heterocycles. The Morgan fingerprint density at radius 2 is 1.68 bits per heavy atom. The topological polar surface area (TPSA) is 74.2 Å². The largest absolute Gasteiger partial charge is 1.00 e. The first-order valence-electron chi connectivity index (χ1n) is 7.80. The van der Waals surface area contributed by atoms with Crippen molar-refractivity contribution in [1.29, 1.82) is 0 Å². The van der Waals surface area contributed by atoms with Gasteiger partial charge in [-0.25, -0.2) is 4.98 Å². The molecule has 164 valence electrons. The van der Waals surface area contributed by atoms with E-state index < -0.39 is 58.5 Å². The van der Waals surface area contributed by atoms with E-state index in [9.17, 15) is 44.7 Å². The Morgan fingerprint density at radius 3 is 2.23 bits per heavy atom. The molecular weight excluding hydrogens is 457 g/mol. The average molecular weight is 467 g/mol. The van der Waals surface area contributed by atoms with Gasteiger partial charge in [-0.2, -0.15) is 40.2 Å². The molecule has 0 aliphatic carbocycles. The number of alkyl halides is 8. The van der Waals surface area contributed by atoms with Crippen LogP contribution in [0.1, 0.15) is 7.12 Å². The van der Waals surface area contributed by atoms with Crippen LogP contribution in [-0.2, 0) is 19.8 Å². The summed E-state index contributed by atoms with van der Waals surface area (Å²) in [6.07, 6.45) is -9.28. The van der Waals surface area contributed by atoms with Crippen molar-refractivity contribution in [2.45, 2.75) is 24.8 Å². The summed E-state index contributed by atoms with van der Waals surface area (Å²) in [5, 5.41) is 3.21. The molecule has 3 rings (SSSR count). The molecule has 31 heavy (non-hydrogen) atoms. The summed E-state index contributed by atoms with van der Waals surface area (Å²) in [5.74, 6) is -5.86. The average Bonchev–Trinajstić information content (AvgIpc) is 3.03. The normalized spacial score (nSPS) is 12.8. The van der Waals surface area contributed by atoms with Crippen LogP contribution in [0.25, 0.3) is 16.9 Å². The molecule has 7 nitrogen and oxygen atoms in total. The van der Waals surface area contributed by atoms with Gasteiger partial charge in [0.25, 0.3) is 11.1 Å². The van der Waals surface area contributed by atoms with Crippen LogP contribution in [0.15, 0.2) is 34.2 Å². The molecule has 0 saturated carbocycles. The van der Waals surface area contributed by atoms with Crippen molar-refractivity contribution in [2.24, 2.45) is 7.05 Å². The second kappa shape index (κ2) is 8.02. The molecule has 0 spiro atoms. The molecule has 0 amide bonds. The van der Waals surface area contributed by atoms with Crippen molar-refractivity contribution in [3.63, 3.8) is 0 Å². The molecule has 3 aromatic rings. The van der Waals surface area contributed by atoms with Crippen LogP contribution in [0.4, 0.5) is 35.1 Å². The third-order valence-electron chi connectivity index (χ3n) is 4.06. The van der Waals surface area contributed by atoms with Crippen molar-refractivity contribution in [2.75, 3.05) is 0 Å². The minimum Gasteiger partial charge on any atom is -1.00 e. The van der Waals surface area contributed by atoms with Crippen molar-refractivity contribution in [1.82, 2.24) is 23.7 Å². The first-order chi connectivity index (χ1) is 13.6. The molecule has 0 radical (unpaired) electrons. The van der Waals surface area contributed by atoms with Crippen LogP contribution in [0.5, 0.6) is 0 Å². The fourth-order valence-corrected chi connectivity index (χ4v) is 2.58. The van der Waals surface area contributed by atoms with Crippen LogP contribution in [0, 0.1) is 0 Å². The smallest absolute Gasteiger partial charge is 1.00 e. The van der Waals surface area contributed by atoms with E-state index in [4.69, 9.17) is 0 Å². The van der Waals surface area contributed by atoms with Gasteiger partial charge >= 0.3 is 47.8 Å². The fraction of sp³-hybridized carbons (Fsp3) is 0.333. The van der Waals surface area contributed by atoms with Gasteiger partial charge < -0.3 is 1.43 Å². The molecule has 0 N–H and O–H groups in total. The number of hydrogen-bond acceptors (Lipinski definition) is 4. The zero-order valence-electron chi connectivity index (χ0n) is 16.6. The monoisotopic (exact) mass is 467 g/mol. The van der Waals surface area contributed by atoms with E-state index in [1.54, 1.807) is 0 Å². The number of aromatic nitrogens is 5. The molecule has 3 heterocycles. The summed E-state index contributed by atoms with van der Waals surface area (Å²) in [7, 11) is 1.07. The molecule has 16 heteroatoms. The Hall–Kier alpha value is -2.26. The number of hydrogen-bond donors (Lipinski definition) is 0. The van der Waals surface area contributed by atoms with Gasteiger partial charge in [0.05, 0.1) is 11.8 Å². The molecule has 0 aromatic carbocycles. The van der Waals surface area contributed by atoms with E-state index in [1.807, 2.05) is 0 Å². The Morgan fingerprint density at radius 1 is 1.06 bits per heavy atom. The molecule has 0 aliphatic rings. The van der Waals surface area contributed by atoms with Crippen LogP contribution in [0.3, 0.4) is 0 Å². The van der Waals surface area contributed by atoms with Gasteiger partial charge in [-0.05, 0) is 0 Å². The quantitative estimate of drug-likeness (QED) is 0.388. The van der Waals surface area contributed by atoms with Gasteiger partial charge in [0.2, 0.25) is 5.78 Å². The zero-order valence-corrected chi connectivity index (χ0v) is 17.6. The van der Waals surface area contributed by atoms with E-state index in [1.165, 1.54) is 0 Å². The molecule has 0 atom stereocenters. The van der Waals surface area contributed by atoms with E-state index in [0.717, 1.165) is 19.3 Å². The molecule has 0 aliphatic heterocycles. The molecule has 0 bridgehead atoms. The van der Waals surface area contributed by atoms with Crippen molar-refractivity contribution in [3.8, 4) is 11.1 Å². The number of nitrogens with zero attached hydrogens (tertiary/aromatic N) is 5. The Labute approximate surface area is 189 Å². The maximum Gasteiger partial charge on any atom is 1.00 e. The summed E-state index contributed by atoms with van der Waals surface area (Å²) in [5.41, 5.74) is -5.65. The molecule has 0 unspecified atom stereocenters. The second-order valence-electron chi connectivity index (χ2n) is 6.15. The fourth-order valence-electron chi connectivity index (χ4n) is 2.58. The maximum absolute atomic E-state index is 13.5.